The van der Waals surface area contributed by atoms with Crippen molar-refractivity contribution in [2.24, 2.45) is 0 Å². The second-order valence-electron chi connectivity index (χ2n) is 2.48. The highest BCUT2D eigenvalue weighted by molar-refractivity contribution is 9.10. The van der Waals surface area contributed by atoms with Crippen molar-refractivity contribution in [3.05, 3.63) is 26.9 Å². The third-order valence-electron chi connectivity index (χ3n) is 1.54. The van der Waals surface area contributed by atoms with Gasteiger partial charge in [-0.2, -0.15) is 0 Å². The first-order chi connectivity index (χ1) is 6.43. The molecule has 0 fully saturated rings. The highest BCUT2D eigenvalue weighted by atomic mass is 79.9. The van der Waals surface area contributed by atoms with Crippen LogP contribution in [0.15, 0.2) is 10.5 Å². The third kappa shape index (κ3) is 2.16. The Bertz CT molecular complexity index is 395. The van der Waals surface area contributed by atoms with Gasteiger partial charge in [0.2, 0.25) is 0 Å². The average Bonchev–Trinajstić information content (AvgIpc) is 2.10. The molecule has 3 nitrogen and oxygen atoms in total. The van der Waals surface area contributed by atoms with E-state index in [1.54, 1.807) is 0 Å². The van der Waals surface area contributed by atoms with Gasteiger partial charge in [-0.3, -0.25) is 0 Å². The molecule has 0 amide bonds. The smallest absolute Gasteiger partial charge is 0.449 e. The zero-order chi connectivity index (χ0) is 10.9. The molecule has 0 aliphatic rings. The van der Waals surface area contributed by atoms with Gasteiger partial charge in [0.25, 0.3) is 0 Å². The van der Waals surface area contributed by atoms with Gasteiger partial charge in [-0.15, -0.1) is 0 Å². The lowest BCUT2D eigenvalue weighted by molar-refractivity contribution is 0.142. The predicted octanol–water partition coefficient (Wildman–Crippen LogP) is 3.61. The molecule has 6 heteroatoms. The summed E-state index contributed by atoms with van der Waals surface area (Å²) in [5.74, 6) is -1.15. The topological polar surface area (TPSA) is 46.5 Å². The van der Waals surface area contributed by atoms with Crippen LogP contribution in [-0.4, -0.2) is 11.3 Å². The van der Waals surface area contributed by atoms with E-state index in [1.165, 1.54) is 13.0 Å². The SMILES string of the molecule is Cc1c(F)c(OC(=O)O)cc(Br)c1Cl. The summed E-state index contributed by atoms with van der Waals surface area (Å²) in [6.07, 6.45) is -1.57. The van der Waals surface area contributed by atoms with Crippen LogP contribution in [0.25, 0.3) is 0 Å². The van der Waals surface area contributed by atoms with Crippen molar-refractivity contribution in [2.75, 3.05) is 0 Å². The van der Waals surface area contributed by atoms with E-state index in [-0.39, 0.29) is 16.3 Å². The van der Waals surface area contributed by atoms with E-state index in [0.717, 1.165) is 0 Å². The first-order valence-corrected chi connectivity index (χ1v) is 4.65. The summed E-state index contributed by atoms with van der Waals surface area (Å²) >= 11 is 8.75. The van der Waals surface area contributed by atoms with Crippen LogP contribution in [0.2, 0.25) is 5.02 Å². The fourth-order valence-electron chi connectivity index (χ4n) is 0.870. The molecule has 14 heavy (non-hydrogen) atoms. The van der Waals surface area contributed by atoms with Crippen molar-refractivity contribution in [2.45, 2.75) is 6.92 Å². The quantitative estimate of drug-likeness (QED) is 0.486. The Balaban J connectivity index is 3.25. The Morgan fingerprint density at radius 2 is 2.29 bits per heavy atom. The lowest BCUT2D eigenvalue weighted by Gasteiger charge is -2.07. The number of carbonyl (C=O) groups is 1. The number of rotatable bonds is 1. The summed E-state index contributed by atoms with van der Waals surface area (Å²) in [4.78, 5) is 10.2. The van der Waals surface area contributed by atoms with Gasteiger partial charge in [0, 0.05) is 10.0 Å². The van der Waals surface area contributed by atoms with Crippen LogP contribution in [0.4, 0.5) is 9.18 Å². The van der Waals surface area contributed by atoms with Crippen molar-refractivity contribution in [1.29, 1.82) is 0 Å². The normalized spacial score (nSPS) is 10.0. The molecular formula is C8H5BrClFO3. The number of hydrogen-bond donors (Lipinski definition) is 1. The van der Waals surface area contributed by atoms with E-state index in [2.05, 4.69) is 20.7 Å². The van der Waals surface area contributed by atoms with Crippen LogP contribution < -0.4 is 4.74 Å². The van der Waals surface area contributed by atoms with E-state index >= 15 is 0 Å². The molecule has 0 heterocycles. The fourth-order valence-corrected chi connectivity index (χ4v) is 1.51. The lowest BCUT2D eigenvalue weighted by Crippen LogP contribution is -2.05. The Kier molecular flexibility index (Phi) is 3.34. The molecule has 0 bridgehead atoms. The molecule has 1 rings (SSSR count). The second-order valence-corrected chi connectivity index (χ2v) is 3.71. The zero-order valence-electron chi connectivity index (χ0n) is 6.97. The van der Waals surface area contributed by atoms with Crippen molar-refractivity contribution < 1.29 is 19.0 Å². The number of ether oxygens (including phenoxy) is 1. The van der Waals surface area contributed by atoms with E-state index in [4.69, 9.17) is 16.7 Å². The van der Waals surface area contributed by atoms with Gasteiger partial charge in [-0.25, -0.2) is 9.18 Å². The molecule has 1 N–H and O–H groups in total. The maximum Gasteiger partial charge on any atom is 0.511 e. The fraction of sp³-hybridized carbons (Fsp3) is 0.125. The lowest BCUT2D eigenvalue weighted by atomic mass is 10.2. The Labute approximate surface area is 92.6 Å². The predicted molar refractivity (Wildman–Crippen MR) is 52.5 cm³/mol. The van der Waals surface area contributed by atoms with Gasteiger partial charge in [-0.05, 0) is 28.9 Å². The van der Waals surface area contributed by atoms with Gasteiger partial charge < -0.3 is 9.84 Å². The number of carboxylic acid groups (broad SMARTS) is 1. The van der Waals surface area contributed by atoms with E-state index in [0.29, 0.717) is 4.47 Å². The van der Waals surface area contributed by atoms with Crippen LogP contribution in [0, 0.1) is 12.7 Å². The van der Waals surface area contributed by atoms with Gasteiger partial charge in [-0.1, -0.05) is 11.6 Å². The van der Waals surface area contributed by atoms with E-state index in [9.17, 15) is 9.18 Å². The summed E-state index contributed by atoms with van der Waals surface area (Å²) in [7, 11) is 0. The minimum atomic E-state index is -1.57. The molecule has 0 radical (unpaired) electrons. The third-order valence-corrected chi connectivity index (χ3v) is 2.88. The summed E-state index contributed by atoms with van der Waals surface area (Å²) in [6, 6.07) is 1.17. The minimum Gasteiger partial charge on any atom is -0.449 e. The van der Waals surface area contributed by atoms with Gasteiger partial charge >= 0.3 is 6.16 Å². The molecule has 0 spiro atoms. The van der Waals surface area contributed by atoms with Crippen molar-refractivity contribution in [3.8, 4) is 5.75 Å². The first-order valence-electron chi connectivity index (χ1n) is 3.48. The maximum atomic E-state index is 13.3. The highest BCUT2D eigenvalue weighted by Gasteiger charge is 2.15. The molecule has 0 unspecified atom stereocenters. The van der Waals surface area contributed by atoms with Crippen LogP contribution in [0.1, 0.15) is 5.56 Å². The molecule has 76 valence electrons. The Morgan fingerprint density at radius 1 is 1.71 bits per heavy atom. The van der Waals surface area contributed by atoms with Gasteiger partial charge in [0.05, 0.1) is 5.02 Å². The summed E-state index contributed by atoms with van der Waals surface area (Å²) < 4.78 is 17.9. The number of benzene rings is 1. The maximum absolute atomic E-state index is 13.3. The van der Waals surface area contributed by atoms with Gasteiger partial charge in [0.1, 0.15) is 0 Å². The molecule has 0 saturated heterocycles. The van der Waals surface area contributed by atoms with Crippen LogP contribution in [-0.2, 0) is 0 Å². The molecular weight excluding hydrogens is 278 g/mol. The van der Waals surface area contributed by atoms with Crippen LogP contribution in [0.5, 0.6) is 5.75 Å². The zero-order valence-corrected chi connectivity index (χ0v) is 9.32. The van der Waals surface area contributed by atoms with Crippen LogP contribution in [0.3, 0.4) is 0 Å². The van der Waals surface area contributed by atoms with E-state index in [1.807, 2.05) is 0 Å². The Hall–Kier alpha value is -0.810. The number of hydrogen-bond acceptors (Lipinski definition) is 2. The minimum absolute atomic E-state index is 0.136. The Morgan fingerprint density at radius 3 is 2.79 bits per heavy atom. The van der Waals surface area contributed by atoms with Crippen molar-refractivity contribution >= 4 is 33.7 Å². The van der Waals surface area contributed by atoms with Crippen LogP contribution >= 0.6 is 27.5 Å². The second kappa shape index (κ2) is 4.14. The molecule has 0 atom stereocenters. The highest BCUT2D eigenvalue weighted by Crippen LogP contribution is 2.33. The van der Waals surface area contributed by atoms with Crippen molar-refractivity contribution in [3.63, 3.8) is 0 Å². The molecule has 0 saturated carbocycles. The molecule has 0 aliphatic carbocycles. The summed E-state index contributed by atoms with van der Waals surface area (Å²) in [6.45, 7) is 1.43. The standard InChI is InChI=1S/C8H5BrClFO3/c1-3-6(10)4(9)2-5(7(3)11)14-8(12)13/h2H,1H3,(H,12,13). The molecule has 1 aromatic rings. The number of halogens is 3. The monoisotopic (exact) mass is 282 g/mol. The summed E-state index contributed by atoms with van der Waals surface area (Å²) in [5.41, 5.74) is 0.136. The molecule has 1 aromatic carbocycles. The molecule has 0 aliphatic heterocycles. The largest absolute Gasteiger partial charge is 0.511 e. The summed E-state index contributed by atoms with van der Waals surface area (Å²) in [5, 5.41) is 8.50. The van der Waals surface area contributed by atoms with Crippen molar-refractivity contribution in [1.82, 2.24) is 0 Å². The first kappa shape index (κ1) is 11.3. The van der Waals surface area contributed by atoms with E-state index < -0.39 is 12.0 Å². The molecule has 0 aromatic heterocycles. The van der Waals surface area contributed by atoms with Gasteiger partial charge in [0.15, 0.2) is 11.6 Å². The average molecular weight is 283 g/mol.